The van der Waals surface area contributed by atoms with E-state index in [2.05, 4.69) is 31.9 Å². The van der Waals surface area contributed by atoms with Crippen molar-refractivity contribution in [2.45, 2.75) is 0 Å². The number of benzene rings is 2. The van der Waals surface area contributed by atoms with Gasteiger partial charge in [-0.2, -0.15) is 5.26 Å². The van der Waals surface area contributed by atoms with Crippen molar-refractivity contribution in [2.75, 3.05) is 0 Å². The van der Waals surface area contributed by atoms with Crippen molar-refractivity contribution in [3.8, 4) is 17.6 Å². The molecule has 0 saturated heterocycles. The summed E-state index contributed by atoms with van der Waals surface area (Å²) in [5.41, 5.74) is 0.152. The largest absolute Gasteiger partial charge is 0.478 e. The number of hydrogen-bond donors (Lipinski definition) is 1. The lowest BCUT2D eigenvalue weighted by Crippen LogP contribution is -1.98. The normalized spacial score (nSPS) is 10.0. The molecule has 7 heteroatoms. The highest BCUT2D eigenvalue weighted by atomic mass is 79.9. The number of rotatable bonds is 3. The molecule has 0 saturated carbocycles. The molecule has 21 heavy (non-hydrogen) atoms. The summed E-state index contributed by atoms with van der Waals surface area (Å²) in [4.78, 5) is 10.9. The number of halogens is 3. The summed E-state index contributed by atoms with van der Waals surface area (Å²) in [5.74, 6) is -1.81. The summed E-state index contributed by atoms with van der Waals surface area (Å²) >= 11 is 6.18. The molecule has 0 amide bonds. The van der Waals surface area contributed by atoms with E-state index in [4.69, 9.17) is 15.1 Å². The van der Waals surface area contributed by atoms with Crippen molar-refractivity contribution in [2.24, 2.45) is 0 Å². The van der Waals surface area contributed by atoms with Crippen LogP contribution in [0.2, 0.25) is 0 Å². The monoisotopic (exact) mass is 413 g/mol. The number of nitriles is 1. The molecule has 0 spiro atoms. The molecule has 0 unspecified atom stereocenters. The van der Waals surface area contributed by atoms with E-state index in [-0.39, 0.29) is 27.1 Å². The second kappa shape index (κ2) is 6.24. The number of carboxylic acids is 1. The average molecular weight is 415 g/mol. The van der Waals surface area contributed by atoms with Crippen LogP contribution in [0, 0.1) is 17.1 Å². The molecule has 106 valence electrons. The maximum absolute atomic E-state index is 14.1. The molecule has 1 N–H and O–H groups in total. The Bertz CT molecular complexity index is 772. The van der Waals surface area contributed by atoms with Crippen LogP contribution in [0.4, 0.5) is 4.39 Å². The number of ether oxygens (including phenoxy) is 1. The van der Waals surface area contributed by atoms with Crippen LogP contribution in [0.3, 0.4) is 0 Å². The minimum atomic E-state index is -1.12. The van der Waals surface area contributed by atoms with E-state index in [1.54, 1.807) is 0 Å². The summed E-state index contributed by atoms with van der Waals surface area (Å²) < 4.78 is 19.9. The van der Waals surface area contributed by atoms with Crippen LogP contribution in [0.15, 0.2) is 39.3 Å². The van der Waals surface area contributed by atoms with Crippen LogP contribution >= 0.6 is 31.9 Å². The topological polar surface area (TPSA) is 70.3 Å². The molecule has 0 fully saturated rings. The predicted molar refractivity (Wildman–Crippen MR) is 80.0 cm³/mol. The summed E-state index contributed by atoms with van der Waals surface area (Å²) in [6.45, 7) is 0. The highest BCUT2D eigenvalue weighted by Crippen LogP contribution is 2.35. The Labute approximate surface area is 136 Å². The Hall–Kier alpha value is -1.91. The third-order valence-corrected chi connectivity index (χ3v) is 4.00. The molecule has 2 aromatic carbocycles. The molecular formula is C14H6Br2FNO3. The van der Waals surface area contributed by atoms with Crippen molar-refractivity contribution in [3.05, 3.63) is 56.2 Å². The molecule has 0 radical (unpaired) electrons. The molecule has 2 rings (SSSR count). The lowest BCUT2D eigenvalue weighted by atomic mass is 10.2. The molecule has 0 aliphatic carbocycles. The number of nitrogens with zero attached hydrogens (tertiary/aromatic N) is 1. The van der Waals surface area contributed by atoms with Crippen molar-refractivity contribution < 1.29 is 19.0 Å². The van der Waals surface area contributed by atoms with Gasteiger partial charge in [-0.1, -0.05) is 0 Å². The van der Waals surface area contributed by atoms with Crippen molar-refractivity contribution in [3.63, 3.8) is 0 Å². The van der Waals surface area contributed by atoms with Crippen LogP contribution in [0.25, 0.3) is 0 Å². The molecule has 2 aromatic rings. The number of carbonyl (C=O) groups is 1. The molecule has 0 heterocycles. The van der Waals surface area contributed by atoms with Crippen molar-refractivity contribution in [1.29, 1.82) is 5.26 Å². The van der Waals surface area contributed by atoms with E-state index < -0.39 is 11.8 Å². The van der Waals surface area contributed by atoms with E-state index >= 15 is 0 Å². The summed E-state index contributed by atoms with van der Waals surface area (Å²) in [6.07, 6.45) is 0. The van der Waals surface area contributed by atoms with Crippen molar-refractivity contribution >= 4 is 37.8 Å². The Morgan fingerprint density at radius 3 is 2.57 bits per heavy atom. The van der Waals surface area contributed by atoms with Crippen LogP contribution in [-0.4, -0.2) is 11.1 Å². The smallest absolute Gasteiger partial charge is 0.335 e. The minimum absolute atomic E-state index is 0.00647. The van der Waals surface area contributed by atoms with Gasteiger partial charge in [-0.3, -0.25) is 0 Å². The fourth-order valence-corrected chi connectivity index (χ4v) is 2.27. The highest BCUT2D eigenvalue weighted by molar-refractivity contribution is 9.10. The molecule has 0 aliphatic heterocycles. The first-order valence-corrected chi connectivity index (χ1v) is 7.11. The van der Waals surface area contributed by atoms with Crippen LogP contribution in [0.1, 0.15) is 15.9 Å². The van der Waals surface area contributed by atoms with Gasteiger partial charge in [0.15, 0.2) is 11.6 Å². The molecular weight excluding hydrogens is 409 g/mol. The Kier molecular flexibility index (Phi) is 4.60. The first kappa shape index (κ1) is 15.5. The SMILES string of the molecule is N#Cc1ccc(Oc2cc(C(=O)O)ccc2Br)c(F)c1Br. The third kappa shape index (κ3) is 3.23. The van der Waals surface area contributed by atoms with Gasteiger partial charge in [0.25, 0.3) is 0 Å². The van der Waals surface area contributed by atoms with Crippen LogP contribution < -0.4 is 4.74 Å². The van der Waals surface area contributed by atoms with E-state index in [0.717, 1.165) is 0 Å². The predicted octanol–water partition coefficient (Wildman–Crippen LogP) is 4.71. The molecule has 0 aromatic heterocycles. The quantitative estimate of drug-likeness (QED) is 0.789. The second-order valence-electron chi connectivity index (χ2n) is 3.90. The highest BCUT2D eigenvalue weighted by Gasteiger charge is 2.15. The van der Waals surface area contributed by atoms with Crippen LogP contribution in [-0.2, 0) is 0 Å². The minimum Gasteiger partial charge on any atom is -0.478 e. The van der Waals surface area contributed by atoms with Gasteiger partial charge in [-0.25, -0.2) is 9.18 Å². The van der Waals surface area contributed by atoms with Crippen LogP contribution in [0.5, 0.6) is 11.5 Å². The summed E-state index contributed by atoms with van der Waals surface area (Å²) in [6, 6.07) is 8.70. The zero-order valence-corrected chi connectivity index (χ0v) is 13.4. The standard InChI is InChI=1S/C14H6Br2FNO3/c15-9-3-1-7(14(19)20)5-11(9)21-10-4-2-8(6-18)12(16)13(10)17/h1-5H,(H,19,20). The van der Waals surface area contributed by atoms with Gasteiger partial charge in [0.1, 0.15) is 11.8 Å². The van der Waals surface area contributed by atoms with Gasteiger partial charge in [0.2, 0.25) is 0 Å². The first-order chi connectivity index (χ1) is 9.93. The van der Waals surface area contributed by atoms with Gasteiger partial charge in [0, 0.05) is 0 Å². The van der Waals surface area contributed by atoms with Crippen molar-refractivity contribution in [1.82, 2.24) is 0 Å². The first-order valence-electron chi connectivity index (χ1n) is 5.53. The zero-order valence-electron chi connectivity index (χ0n) is 10.2. The van der Waals surface area contributed by atoms with E-state index in [1.165, 1.54) is 30.3 Å². The summed E-state index contributed by atoms with van der Waals surface area (Å²) in [5, 5.41) is 17.7. The number of aromatic carboxylic acids is 1. The average Bonchev–Trinajstić information content (AvgIpc) is 2.46. The lowest BCUT2D eigenvalue weighted by molar-refractivity contribution is 0.0696. The van der Waals surface area contributed by atoms with Gasteiger partial charge in [0.05, 0.1) is 20.1 Å². The molecule has 0 atom stereocenters. The number of hydrogen-bond acceptors (Lipinski definition) is 3. The number of carboxylic acid groups (broad SMARTS) is 1. The maximum Gasteiger partial charge on any atom is 0.335 e. The second-order valence-corrected chi connectivity index (χ2v) is 5.55. The zero-order chi connectivity index (χ0) is 15.6. The Morgan fingerprint density at radius 1 is 1.24 bits per heavy atom. The third-order valence-electron chi connectivity index (χ3n) is 2.57. The molecule has 0 aliphatic rings. The van der Waals surface area contributed by atoms with Gasteiger partial charge in [-0.05, 0) is 62.2 Å². The van der Waals surface area contributed by atoms with E-state index in [9.17, 15) is 9.18 Å². The maximum atomic E-state index is 14.1. The van der Waals surface area contributed by atoms with E-state index in [1.807, 2.05) is 6.07 Å². The molecule has 4 nitrogen and oxygen atoms in total. The Morgan fingerprint density at radius 2 is 1.95 bits per heavy atom. The summed E-state index contributed by atoms with van der Waals surface area (Å²) in [7, 11) is 0. The van der Waals surface area contributed by atoms with Gasteiger partial charge >= 0.3 is 5.97 Å². The van der Waals surface area contributed by atoms with Gasteiger partial charge in [-0.15, -0.1) is 0 Å². The fourth-order valence-electron chi connectivity index (χ4n) is 1.53. The fraction of sp³-hybridized carbons (Fsp3) is 0. The Balaban J connectivity index is 2.44. The lowest BCUT2D eigenvalue weighted by Gasteiger charge is -2.10. The van der Waals surface area contributed by atoms with E-state index in [0.29, 0.717) is 4.47 Å². The molecule has 0 bridgehead atoms. The van der Waals surface area contributed by atoms with Gasteiger partial charge < -0.3 is 9.84 Å².